The maximum Gasteiger partial charge on any atom is 0.408 e. The van der Waals surface area contributed by atoms with E-state index >= 15 is 0 Å². The average molecular weight is 598 g/mol. The Kier molecular flexibility index (Phi) is 12.4. The first kappa shape index (κ1) is 34.2. The molecule has 2 unspecified atom stereocenters. The van der Waals surface area contributed by atoms with Gasteiger partial charge in [0.15, 0.2) is 0 Å². The predicted molar refractivity (Wildman–Crippen MR) is 178 cm³/mol. The molecule has 0 radical (unpaired) electrons. The van der Waals surface area contributed by atoms with Gasteiger partial charge in [0.25, 0.3) is 5.91 Å². The highest BCUT2D eigenvalue weighted by Crippen LogP contribution is 2.28. The number of hydrogen-bond donors (Lipinski definition) is 2. The Balaban J connectivity index is 2.03. The second-order valence-corrected chi connectivity index (χ2v) is 12.5. The molecule has 0 saturated carbocycles. The zero-order valence-electron chi connectivity index (χ0n) is 27.0. The van der Waals surface area contributed by atoms with E-state index in [1.54, 1.807) is 49.9 Å². The summed E-state index contributed by atoms with van der Waals surface area (Å²) in [5, 5.41) is 7.90. The van der Waals surface area contributed by atoms with Gasteiger partial charge in [0.2, 0.25) is 5.91 Å². The lowest BCUT2D eigenvalue weighted by molar-refractivity contribution is -0.141. The van der Waals surface area contributed by atoms with E-state index in [-0.39, 0.29) is 17.7 Å². The summed E-state index contributed by atoms with van der Waals surface area (Å²) in [7, 11) is 0. The molecule has 3 aromatic rings. The van der Waals surface area contributed by atoms with Crippen molar-refractivity contribution in [3.8, 4) is 12.3 Å². The van der Waals surface area contributed by atoms with E-state index in [0.29, 0.717) is 29.8 Å². The number of carbonyl (C=O) groups excluding carboxylic acids is 3. The van der Waals surface area contributed by atoms with Crippen LogP contribution in [0.5, 0.6) is 0 Å². The third-order valence-electron chi connectivity index (χ3n) is 7.36. The number of nitrogens with one attached hydrogen (secondary N) is 2. The summed E-state index contributed by atoms with van der Waals surface area (Å²) in [6, 6.07) is 18.9. The average Bonchev–Trinajstić information content (AvgIpc) is 2.98. The van der Waals surface area contributed by atoms with E-state index in [4.69, 9.17) is 11.2 Å². The van der Waals surface area contributed by atoms with Crippen LogP contribution < -0.4 is 10.6 Å². The zero-order valence-corrected chi connectivity index (χ0v) is 27.0. The molecule has 3 rings (SSSR count). The van der Waals surface area contributed by atoms with Crippen molar-refractivity contribution >= 4 is 34.4 Å². The van der Waals surface area contributed by atoms with Crippen LogP contribution in [0.1, 0.15) is 90.8 Å². The van der Waals surface area contributed by atoms with Gasteiger partial charge in [-0.05, 0) is 73.7 Å². The standard InChI is InChI=1S/C37H47N3O4/c1-8-10-11-12-15-24-40(35(42)32(26(3)4)39-36(43)44-37(5,6)7)33(29-20-18-27(9-2)19-21-29)34(41)38-31-23-22-28-16-13-14-17-30(28)25-31/h2,13-14,16-23,25-26,32-33H,8,10-12,15,24H2,1,3-7H3,(H,38,41)(H,39,43). The Morgan fingerprint density at radius 3 is 2.18 bits per heavy atom. The highest BCUT2D eigenvalue weighted by atomic mass is 16.6. The first-order valence-electron chi connectivity index (χ1n) is 15.6. The molecule has 3 aromatic carbocycles. The minimum atomic E-state index is -0.964. The number of alkyl carbamates (subject to hydrolysis) is 1. The zero-order chi connectivity index (χ0) is 32.3. The van der Waals surface area contributed by atoms with E-state index in [1.807, 2.05) is 56.3 Å². The van der Waals surface area contributed by atoms with E-state index in [2.05, 4.69) is 23.5 Å². The topological polar surface area (TPSA) is 87.7 Å². The minimum absolute atomic E-state index is 0.259. The van der Waals surface area contributed by atoms with E-state index in [1.165, 1.54) is 0 Å². The summed E-state index contributed by atoms with van der Waals surface area (Å²) in [6.45, 7) is 11.5. The largest absolute Gasteiger partial charge is 0.444 e. The third kappa shape index (κ3) is 9.87. The number of hydrogen-bond acceptors (Lipinski definition) is 4. The molecule has 0 bridgehead atoms. The van der Waals surface area contributed by atoms with Crippen LogP contribution in [0.4, 0.5) is 10.5 Å². The van der Waals surface area contributed by atoms with Gasteiger partial charge >= 0.3 is 6.09 Å². The Morgan fingerprint density at radius 2 is 1.57 bits per heavy atom. The number of fused-ring (bicyclic) bond motifs is 1. The molecule has 0 saturated heterocycles. The second kappa shape index (κ2) is 16.0. The SMILES string of the molecule is C#Cc1ccc(C(C(=O)Nc2ccc3ccccc3c2)N(CCCCCCC)C(=O)C(NC(=O)OC(C)(C)C)C(C)C)cc1. The highest BCUT2D eigenvalue weighted by Gasteiger charge is 2.37. The predicted octanol–water partition coefficient (Wildman–Crippen LogP) is 7.85. The van der Waals surface area contributed by atoms with Crippen molar-refractivity contribution in [1.29, 1.82) is 0 Å². The molecule has 3 amide bonds. The number of anilines is 1. The first-order chi connectivity index (χ1) is 20.9. The van der Waals surface area contributed by atoms with Crippen molar-refractivity contribution < 1.29 is 19.1 Å². The van der Waals surface area contributed by atoms with Crippen LogP contribution in [-0.4, -0.2) is 41.0 Å². The first-order valence-corrected chi connectivity index (χ1v) is 15.6. The molecule has 7 nitrogen and oxygen atoms in total. The minimum Gasteiger partial charge on any atom is -0.444 e. The lowest BCUT2D eigenvalue weighted by Crippen LogP contribution is -2.54. The number of unbranched alkanes of at least 4 members (excludes halogenated alkanes) is 4. The summed E-state index contributed by atoms with van der Waals surface area (Å²) in [5.41, 5.74) is 1.20. The Labute approximate surface area is 262 Å². The van der Waals surface area contributed by atoms with Crippen LogP contribution in [0.3, 0.4) is 0 Å². The molecule has 2 N–H and O–H groups in total. The van der Waals surface area contributed by atoms with Gasteiger partial charge in [-0.2, -0.15) is 0 Å². The normalized spacial score (nSPS) is 12.7. The van der Waals surface area contributed by atoms with Crippen LogP contribution in [0.15, 0.2) is 66.7 Å². The Hall–Kier alpha value is -4.31. The van der Waals surface area contributed by atoms with E-state index in [9.17, 15) is 14.4 Å². The van der Waals surface area contributed by atoms with Crippen molar-refractivity contribution in [2.24, 2.45) is 5.92 Å². The lowest BCUT2D eigenvalue weighted by Gasteiger charge is -2.35. The summed E-state index contributed by atoms with van der Waals surface area (Å²) in [6.07, 6.45) is 9.79. The summed E-state index contributed by atoms with van der Waals surface area (Å²) < 4.78 is 5.49. The molecule has 7 heteroatoms. The summed E-state index contributed by atoms with van der Waals surface area (Å²) in [4.78, 5) is 43.1. The number of benzene rings is 3. The molecular weight excluding hydrogens is 550 g/mol. The molecule has 0 aliphatic carbocycles. The highest BCUT2D eigenvalue weighted by molar-refractivity contribution is 6.00. The lowest BCUT2D eigenvalue weighted by atomic mass is 9.97. The number of rotatable bonds is 13. The van der Waals surface area contributed by atoms with Crippen molar-refractivity contribution in [3.63, 3.8) is 0 Å². The fourth-order valence-corrected chi connectivity index (χ4v) is 5.09. The summed E-state index contributed by atoms with van der Waals surface area (Å²) >= 11 is 0. The molecule has 2 atom stereocenters. The maximum absolute atomic E-state index is 14.4. The molecule has 0 aromatic heterocycles. The van der Waals surface area contributed by atoms with Crippen LogP contribution in [-0.2, 0) is 14.3 Å². The van der Waals surface area contributed by atoms with Crippen LogP contribution >= 0.6 is 0 Å². The van der Waals surface area contributed by atoms with Gasteiger partial charge in [-0.1, -0.05) is 94.8 Å². The van der Waals surface area contributed by atoms with Crippen molar-refractivity contribution in [1.82, 2.24) is 10.2 Å². The number of terminal acetylenes is 1. The molecule has 0 aliphatic heterocycles. The quantitative estimate of drug-likeness (QED) is 0.155. The Bertz CT molecular complexity index is 1450. The van der Waals surface area contributed by atoms with E-state index in [0.717, 1.165) is 36.5 Å². The van der Waals surface area contributed by atoms with Crippen molar-refractivity contribution in [2.75, 3.05) is 11.9 Å². The monoisotopic (exact) mass is 597 g/mol. The van der Waals surface area contributed by atoms with Crippen LogP contribution in [0.25, 0.3) is 10.8 Å². The van der Waals surface area contributed by atoms with Gasteiger partial charge < -0.3 is 20.3 Å². The summed E-state index contributed by atoms with van der Waals surface area (Å²) in [5.74, 6) is 1.66. The van der Waals surface area contributed by atoms with Crippen LogP contribution in [0.2, 0.25) is 0 Å². The fourth-order valence-electron chi connectivity index (χ4n) is 5.09. The van der Waals surface area contributed by atoms with Gasteiger partial charge in [0.05, 0.1) is 0 Å². The van der Waals surface area contributed by atoms with Gasteiger partial charge in [-0.3, -0.25) is 9.59 Å². The van der Waals surface area contributed by atoms with Crippen LogP contribution in [0, 0.1) is 18.3 Å². The number of ether oxygens (including phenoxy) is 1. The second-order valence-electron chi connectivity index (χ2n) is 12.5. The molecule has 0 spiro atoms. The van der Waals surface area contributed by atoms with Crippen molar-refractivity contribution in [2.45, 2.75) is 91.3 Å². The number of carbonyl (C=O) groups is 3. The number of nitrogens with zero attached hydrogens (tertiary/aromatic N) is 1. The van der Waals surface area contributed by atoms with Crippen molar-refractivity contribution in [3.05, 3.63) is 77.9 Å². The molecule has 234 valence electrons. The third-order valence-corrected chi connectivity index (χ3v) is 7.36. The van der Waals surface area contributed by atoms with Gasteiger partial charge in [0, 0.05) is 17.8 Å². The molecule has 0 fully saturated rings. The smallest absolute Gasteiger partial charge is 0.408 e. The van der Waals surface area contributed by atoms with Gasteiger partial charge in [-0.15, -0.1) is 6.42 Å². The number of amides is 3. The molecular formula is C37H47N3O4. The van der Waals surface area contributed by atoms with Gasteiger partial charge in [-0.25, -0.2) is 4.79 Å². The molecule has 0 heterocycles. The fraction of sp³-hybridized carbons (Fsp3) is 0.432. The maximum atomic E-state index is 14.4. The molecule has 44 heavy (non-hydrogen) atoms. The Morgan fingerprint density at radius 1 is 0.909 bits per heavy atom. The van der Waals surface area contributed by atoms with E-state index < -0.39 is 23.8 Å². The van der Waals surface area contributed by atoms with Gasteiger partial charge in [0.1, 0.15) is 17.7 Å². The molecule has 0 aliphatic rings.